The van der Waals surface area contributed by atoms with Crippen LogP contribution in [0.4, 0.5) is 5.95 Å². The second-order valence-electron chi connectivity index (χ2n) is 4.85. The number of nitrogens with one attached hydrogen (secondary N) is 2. The largest absolute Gasteiger partial charge is 0.357 e. The second kappa shape index (κ2) is 5.62. The third kappa shape index (κ3) is 3.87. The van der Waals surface area contributed by atoms with Crippen molar-refractivity contribution in [3.63, 3.8) is 0 Å². The van der Waals surface area contributed by atoms with Gasteiger partial charge >= 0.3 is 0 Å². The molecule has 0 saturated carbocycles. The summed E-state index contributed by atoms with van der Waals surface area (Å²) in [5.74, 6) is 0.292. The normalized spacial score (nSPS) is 13.2. The van der Waals surface area contributed by atoms with Gasteiger partial charge < -0.3 is 5.32 Å². The fraction of sp³-hybridized carbons (Fsp3) is 0.600. The lowest BCUT2D eigenvalue weighted by Gasteiger charge is -2.22. The fourth-order valence-electron chi connectivity index (χ4n) is 1.07. The molecule has 0 unspecified atom stereocenters. The molecule has 8 nitrogen and oxygen atoms in total. The topological polar surface area (TPSA) is 118 Å². The molecule has 0 fully saturated rings. The molecule has 0 radical (unpaired) electrons. The molecule has 20 heavy (non-hydrogen) atoms. The van der Waals surface area contributed by atoms with Gasteiger partial charge in [0.25, 0.3) is 0 Å². The average Bonchev–Trinajstić information content (AvgIpc) is 2.35. The minimum Gasteiger partial charge on any atom is -0.357 e. The first kappa shape index (κ1) is 16.8. The van der Waals surface area contributed by atoms with Gasteiger partial charge in [0.05, 0.1) is 17.1 Å². The van der Waals surface area contributed by atoms with E-state index >= 15 is 0 Å². The highest BCUT2D eigenvalue weighted by Gasteiger charge is 2.32. The van der Waals surface area contributed by atoms with E-state index in [-0.39, 0.29) is 11.4 Å². The Kier molecular flexibility index (Phi) is 4.72. The predicted octanol–water partition coefficient (Wildman–Crippen LogP) is -0.380. The molecule has 1 aromatic heterocycles. The SMILES string of the molecule is CNc1ncc(S(=O)(=O)NCC(C)(C)S(C)(=O)=O)cn1. The summed E-state index contributed by atoms with van der Waals surface area (Å²) >= 11 is 0. The van der Waals surface area contributed by atoms with Crippen LogP contribution in [-0.2, 0) is 19.9 Å². The maximum atomic E-state index is 12.0. The van der Waals surface area contributed by atoms with Gasteiger partial charge in [-0.25, -0.2) is 31.5 Å². The molecule has 0 atom stereocenters. The van der Waals surface area contributed by atoms with E-state index in [1.165, 1.54) is 13.8 Å². The lowest BCUT2D eigenvalue weighted by molar-refractivity contribution is 0.537. The molecule has 114 valence electrons. The molecule has 0 amide bonds. The van der Waals surface area contributed by atoms with Crippen LogP contribution in [0.3, 0.4) is 0 Å². The van der Waals surface area contributed by atoms with Crippen molar-refractivity contribution in [2.24, 2.45) is 0 Å². The summed E-state index contributed by atoms with van der Waals surface area (Å²) in [6.07, 6.45) is 3.36. The predicted molar refractivity (Wildman–Crippen MR) is 75.7 cm³/mol. The number of hydrogen-bond acceptors (Lipinski definition) is 7. The fourth-order valence-corrected chi connectivity index (χ4v) is 2.59. The van der Waals surface area contributed by atoms with Gasteiger partial charge in [-0.1, -0.05) is 0 Å². The number of sulfonamides is 1. The third-order valence-corrected chi connectivity index (χ3v) is 6.36. The number of rotatable bonds is 6. The van der Waals surface area contributed by atoms with Gasteiger partial charge in [-0.15, -0.1) is 0 Å². The Hall–Kier alpha value is -1.26. The van der Waals surface area contributed by atoms with E-state index < -0.39 is 24.6 Å². The van der Waals surface area contributed by atoms with E-state index in [1.807, 2.05) is 0 Å². The Morgan fingerprint density at radius 1 is 1.15 bits per heavy atom. The van der Waals surface area contributed by atoms with E-state index in [9.17, 15) is 16.8 Å². The number of aromatic nitrogens is 2. The summed E-state index contributed by atoms with van der Waals surface area (Å²) in [4.78, 5) is 7.47. The van der Waals surface area contributed by atoms with Crippen LogP contribution in [0.15, 0.2) is 17.3 Å². The maximum absolute atomic E-state index is 12.0. The minimum atomic E-state index is -3.85. The van der Waals surface area contributed by atoms with Crippen LogP contribution in [0.2, 0.25) is 0 Å². The summed E-state index contributed by atoms with van der Waals surface area (Å²) in [5.41, 5.74) is 0. The second-order valence-corrected chi connectivity index (χ2v) is 9.27. The lowest BCUT2D eigenvalue weighted by atomic mass is 10.2. The Bertz CT molecular complexity index is 666. The van der Waals surface area contributed by atoms with Crippen molar-refractivity contribution < 1.29 is 16.8 Å². The molecular formula is C10H18N4O4S2. The molecule has 0 aromatic carbocycles. The Balaban J connectivity index is 2.90. The van der Waals surface area contributed by atoms with Crippen molar-refractivity contribution in [1.82, 2.24) is 14.7 Å². The van der Waals surface area contributed by atoms with E-state index in [2.05, 4.69) is 20.0 Å². The number of sulfone groups is 1. The van der Waals surface area contributed by atoms with Crippen LogP contribution >= 0.6 is 0 Å². The van der Waals surface area contributed by atoms with Gasteiger partial charge in [-0.3, -0.25) is 0 Å². The highest BCUT2D eigenvalue weighted by atomic mass is 32.2. The lowest BCUT2D eigenvalue weighted by Crippen LogP contribution is -2.43. The maximum Gasteiger partial charge on any atom is 0.243 e. The number of nitrogens with zero attached hydrogens (tertiary/aromatic N) is 2. The van der Waals surface area contributed by atoms with Crippen LogP contribution in [0.5, 0.6) is 0 Å². The molecular weight excluding hydrogens is 304 g/mol. The molecule has 0 spiro atoms. The summed E-state index contributed by atoms with van der Waals surface area (Å²) < 4.78 is 48.1. The standard InChI is InChI=1S/C10H18N4O4S2/c1-10(2,19(4,15)16)7-14-20(17,18)8-5-12-9(11-3)13-6-8/h5-6,14H,7H2,1-4H3,(H,11,12,13). The Morgan fingerprint density at radius 2 is 1.65 bits per heavy atom. The molecule has 0 saturated heterocycles. The molecule has 1 rings (SSSR count). The number of hydrogen-bond donors (Lipinski definition) is 2. The van der Waals surface area contributed by atoms with Crippen molar-refractivity contribution in [3.05, 3.63) is 12.4 Å². The monoisotopic (exact) mass is 322 g/mol. The first-order chi connectivity index (χ1) is 8.99. The van der Waals surface area contributed by atoms with Crippen LogP contribution in [-0.4, -0.2) is 51.4 Å². The van der Waals surface area contributed by atoms with Gasteiger partial charge in [0.2, 0.25) is 16.0 Å². The highest BCUT2D eigenvalue weighted by molar-refractivity contribution is 7.92. The summed E-state index contributed by atoms with van der Waals surface area (Å²) in [5, 5.41) is 2.67. The Morgan fingerprint density at radius 3 is 2.05 bits per heavy atom. The summed E-state index contributed by atoms with van der Waals surface area (Å²) in [7, 11) is -5.62. The molecule has 1 aromatic rings. The summed E-state index contributed by atoms with van der Waals surface area (Å²) in [6, 6.07) is 0. The molecule has 1 heterocycles. The molecule has 0 aliphatic rings. The highest BCUT2D eigenvalue weighted by Crippen LogP contribution is 2.15. The molecule has 2 N–H and O–H groups in total. The first-order valence-electron chi connectivity index (χ1n) is 5.69. The first-order valence-corrected chi connectivity index (χ1v) is 9.06. The molecule has 0 aliphatic carbocycles. The van der Waals surface area contributed by atoms with Crippen molar-refractivity contribution in [2.45, 2.75) is 23.5 Å². The van der Waals surface area contributed by atoms with Crippen molar-refractivity contribution in [2.75, 3.05) is 25.2 Å². The average molecular weight is 322 g/mol. The van der Waals surface area contributed by atoms with E-state index in [4.69, 9.17) is 0 Å². The van der Waals surface area contributed by atoms with Gasteiger partial charge in [0.15, 0.2) is 9.84 Å². The smallest absolute Gasteiger partial charge is 0.243 e. The Labute approximate surface area is 119 Å². The van der Waals surface area contributed by atoms with Crippen LogP contribution in [0.1, 0.15) is 13.8 Å². The van der Waals surface area contributed by atoms with Gasteiger partial charge in [-0.05, 0) is 13.8 Å². The number of anilines is 1. The van der Waals surface area contributed by atoms with Crippen LogP contribution < -0.4 is 10.0 Å². The third-order valence-electron chi connectivity index (χ3n) is 2.85. The van der Waals surface area contributed by atoms with E-state index in [0.717, 1.165) is 18.6 Å². The van der Waals surface area contributed by atoms with Crippen molar-refractivity contribution in [3.8, 4) is 0 Å². The van der Waals surface area contributed by atoms with Crippen LogP contribution in [0.25, 0.3) is 0 Å². The molecule has 0 bridgehead atoms. The zero-order chi connectivity index (χ0) is 15.6. The van der Waals surface area contributed by atoms with Gasteiger partial charge in [0, 0.05) is 19.8 Å². The zero-order valence-corrected chi connectivity index (χ0v) is 13.3. The van der Waals surface area contributed by atoms with E-state index in [1.54, 1.807) is 7.05 Å². The molecule has 10 heteroatoms. The molecule has 0 aliphatic heterocycles. The quantitative estimate of drug-likeness (QED) is 0.733. The minimum absolute atomic E-state index is 0.124. The van der Waals surface area contributed by atoms with Crippen molar-refractivity contribution >= 4 is 25.8 Å². The van der Waals surface area contributed by atoms with Crippen LogP contribution in [0, 0.1) is 0 Å². The summed E-state index contributed by atoms with van der Waals surface area (Å²) in [6.45, 7) is 2.67. The van der Waals surface area contributed by atoms with Gasteiger partial charge in [-0.2, -0.15) is 0 Å². The van der Waals surface area contributed by atoms with Gasteiger partial charge in [0.1, 0.15) is 4.90 Å². The van der Waals surface area contributed by atoms with E-state index in [0.29, 0.717) is 5.95 Å². The zero-order valence-electron chi connectivity index (χ0n) is 11.7. The van der Waals surface area contributed by atoms with Crippen molar-refractivity contribution in [1.29, 1.82) is 0 Å².